The van der Waals surface area contributed by atoms with Gasteiger partial charge in [-0.2, -0.15) is 0 Å². The van der Waals surface area contributed by atoms with Crippen molar-refractivity contribution in [2.45, 2.75) is 66.3 Å². The summed E-state index contributed by atoms with van der Waals surface area (Å²) in [6.45, 7) is 10.3. The fourth-order valence-electron chi connectivity index (χ4n) is 3.35. The minimum atomic E-state index is -0.637. The van der Waals surface area contributed by atoms with Gasteiger partial charge in [0.2, 0.25) is 0 Å². The van der Waals surface area contributed by atoms with Gasteiger partial charge in [0.25, 0.3) is 0 Å². The first-order chi connectivity index (χ1) is 11.8. The number of ether oxygens (including phenoxy) is 3. The highest BCUT2D eigenvalue weighted by atomic mass is 16.6. The van der Waals surface area contributed by atoms with Crippen LogP contribution in [0.15, 0.2) is 6.07 Å². The Balaban J connectivity index is 1.96. The van der Waals surface area contributed by atoms with E-state index < -0.39 is 12.1 Å². The summed E-state index contributed by atoms with van der Waals surface area (Å²) in [7, 11) is 0. The summed E-state index contributed by atoms with van der Waals surface area (Å²) in [6.07, 6.45) is 1.45. The number of esters is 1. The van der Waals surface area contributed by atoms with E-state index in [1.165, 1.54) is 0 Å². The van der Waals surface area contributed by atoms with E-state index in [-0.39, 0.29) is 18.5 Å². The lowest BCUT2D eigenvalue weighted by atomic mass is 9.92. The third-order valence-corrected chi connectivity index (χ3v) is 4.73. The second kappa shape index (κ2) is 8.59. The molecular formula is C20H28O5. The van der Waals surface area contributed by atoms with Gasteiger partial charge in [0.15, 0.2) is 11.9 Å². The van der Waals surface area contributed by atoms with Gasteiger partial charge in [-0.05, 0) is 69.7 Å². The van der Waals surface area contributed by atoms with Gasteiger partial charge in [-0.1, -0.05) is 6.07 Å². The monoisotopic (exact) mass is 348 g/mol. The van der Waals surface area contributed by atoms with E-state index in [0.29, 0.717) is 12.2 Å². The second-order valence-corrected chi connectivity index (χ2v) is 6.76. The highest BCUT2D eigenvalue weighted by molar-refractivity contribution is 5.97. The molecule has 0 amide bonds. The molecule has 0 aliphatic carbocycles. The SMILES string of the molecule is CC(=O)c1c(C)cc(C)c(COC(=O)C(C)OCC2CCCO2)c1C. The fraction of sp³-hybridized carbons (Fsp3) is 0.600. The molecule has 0 aromatic heterocycles. The zero-order valence-electron chi connectivity index (χ0n) is 15.8. The van der Waals surface area contributed by atoms with E-state index in [4.69, 9.17) is 14.2 Å². The lowest BCUT2D eigenvalue weighted by Gasteiger charge is -2.18. The predicted molar refractivity (Wildman–Crippen MR) is 94.8 cm³/mol. The molecule has 0 spiro atoms. The van der Waals surface area contributed by atoms with Gasteiger partial charge in [0.1, 0.15) is 6.61 Å². The first-order valence-corrected chi connectivity index (χ1v) is 8.81. The van der Waals surface area contributed by atoms with Crippen LogP contribution in [0.25, 0.3) is 0 Å². The number of hydrogen-bond acceptors (Lipinski definition) is 5. The van der Waals surface area contributed by atoms with Crippen molar-refractivity contribution in [2.24, 2.45) is 0 Å². The topological polar surface area (TPSA) is 61.8 Å². The molecular weight excluding hydrogens is 320 g/mol. The standard InChI is InChI=1S/C20H28O5/c1-12-9-13(2)19(15(4)21)14(3)18(12)11-25-20(22)16(5)24-10-17-7-6-8-23-17/h9,16-17H,6-8,10-11H2,1-5H3. The van der Waals surface area contributed by atoms with Gasteiger partial charge in [0.05, 0.1) is 12.7 Å². The number of ketones is 1. The van der Waals surface area contributed by atoms with Crippen LogP contribution in [0.2, 0.25) is 0 Å². The molecule has 2 atom stereocenters. The van der Waals surface area contributed by atoms with Crippen LogP contribution < -0.4 is 0 Å². The van der Waals surface area contributed by atoms with Crippen molar-refractivity contribution in [1.82, 2.24) is 0 Å². The van der Waals surface area contributed by atoms with Crippen LogP contribution in [0.4, 0.5) is 0 Å². The third kappa shape index (κ3) is 4.89. The predicted octanol–water partition coefficient (Wildman–Crippen LogP) is 3.44. The Labute approximate surface area is 149 Å². The van der Waals surface area contributed by atoms with Gasteiger partial charge in [-0.3, -0.25) is 4.79 Å². The van der Waals surface area contributed by atoms with Crippen LogP contribution in [0.3, 0.4) is 0 Å². The van der Waals surface area contributed by atoms with Crippen LogP contribution in [0.1, 0.15) is 59.3 Å². The Morgan fingerprint density at radius 1 is 1.28 bits per heavy atom. The Morgan fingerprint density at radius 2 is 2.00 bits per heavy atom. The van der Waals surface area contributed by atoms with E-state index in [9.17, 15) is 9.59 Å². The third-order valence-electron chi connectivity index (χ3n) is 4.73. The van der Waals surface area contributed by atoms with Crippen LogP contribution >= 0.6 is 0 Å². The van der Waals surface area contributed by atoms with E-state index in [0.717, 1.165) is 41.7 Å². The maximum Gasteiger partial charge on any atom is 0.335 e. The van der Waals surface area contributed by atoms with Crippen molar-refractivity contribution in [1.29, 1.82) is 0 Å². The van der Waals surface area contributed by atoms with Gasteiger partial charge in [-0.15, -0.1) is 0 Å². The van der Waals surface area contributed by atoms with E-state index >= 15 is 0 Å². The van der Waals surface area contributed by atoms with E-state index in [2.05, 4.69) is 0 Å². The molecule has 2 rings (SSSR count). The Hall–Kier alpha value is -1.72. The summed E-state index contributed by atoms with van der Waals surface area (Å²) in [5.41, 5.74) is 4.44. The van der Waals surface area contributed by atoms with Crippen molar-refractivity contribution in [3.05, 3.63) is 33.9 Å². The first kappa shape index (κ1) is 19.6. The molecule has 2 unspecified atom stereocenters. The summed E-state index contributed by atoms with van der Waals surface area (Å²) in [6, 6.07) is 1.96. The zero-order chi connectivity index (χ0) is 18.6. The molecule has 1 aliphatic heterocycles. The largest absolute Gasteiger partial charge is 0.459 e. The molecule has 1 aromatic carbocycles. The molecule has 1 fully saturated rings. The Kier molecular flexibility index (Phi) is 6.73. The summed E-state index contributed by atoms with van der Waals surface area (Å²) in [5.74, 6) is -0.377. The number of aryl methyl sites for hydroxylation is 2. The number of carbonyl (C=O) groups excluding carboxylic acids is 2. The minimum Gasteiger partial charge on any atom is -0.459 e. The normalized spacial score (nSPS) is 18.2. The maximum absolute atomic E-state index is 12.2. The molecule has 138 valence electrons. The van der Waals surface area contributed by atoms with Gasteiger partial charge in [0, 0.05) is 12.2 Å². The Morgan fingerprint density at radius 3 is 2.60 bits per heavy atom. The number of Topliss-reactive ketones (excluding diaryl/α,β-unsaturated/α-hetero) is 1. The highest BCUT2D eigenvalue weighted by Crippen LogP contribution is 2.24. The van der Waals surface area contributed by atoms with Crippen molar-refractivity contribution < 1.29 is 23.8 Å². The average molecular weight is 348 g/mol. The van der Waals surface area contributed by atoms with E-state index in [1.807, 2.05) is 26.8 Å². The number of hydrogen-bond donors (Lipinski definition) is 0. The summed E-state index contributed by atoms with van der Waals surface area (Å²) in [4.78, 5) is 24.0. The second-order valence-electron chi connectivity index (χ2n) is 6.76. The lowest BCUT2D eigenvalue weighted by molar-refractivity contribution is -0.159. The summed E-state index contributed by atoms with van der Waals surface area (Å²) < 4.78 is 16.5. The smallest absolute Gasteiger partial charge is 0.335 e. The summed E-state index contributed by atoms with van der Waals surface area (Å²) >= 11 is 0. The molecule has 0 radical (unpaired) electrons. The zero-order valence-corrected chi connectivity index (χ0v) is 15.8. The van der Waals surface area contributed by atoms with Crippen LogP contribution in [-0.4, -0.2) is 37.2 Å². The molecule has 0 bridgehead atoms. The number of carbonyl (C=O) groups is 2. The molecule has 1 saturated heterocycles. The van der Waals surface area contributed by atoms with E-state index in [1.54, 1.807) is 13.8 Å². The van der Waals surface area contributed by atoms with Crippen molar-refractivity contribution in [3.8, 4) is 0 Å². The molecule has 25 heavy (non-hydrogen) atoms. The molecule has 0 saturated carbocycles. The first-order valence-electron chi connectivity index (χ1n) is 8.81. The van der Waals surface area contributed by atoms with Crippen molar-refractivity contribution in [2.75, 3.05) is 13.2 Å². The van der Waals surface area contributed by atoms with Crippen molar-refractivity contribution >= 4 is 11.8 Å². The molecule has 5 heteroatoms. The molecule has 0 N–H and O–H groups in total. The summed E-state index contributed by atoms with van der Waals surface area (Å²) in [5, 5.41) is 0. The highest BCUT2D eigenvalue weighted by Gasteiger charge is 2.22. The van der Waals surface area contributed by atoms with Gasteiger partial charge < -0.3 is 14.2 Å². The molecule has 1 aliphatic rings. The number of benzene rings is 1. The molecule has 1 aromatic rings. The number of rotatable bonds is 7. The van der Waals surface area contributed by atoms with Gasteiger partial charge >= 0.3 is 5.97 Å². The van der Waals surface area contributed by atoms with Crippen LogP contribution in [0, 0.1) is 20.8 Å². The molecule has 1 heterocycles. The van der Waals surface area contributed by atoms with Crippen LogP contribution in [-0.2, 0) is 25.6 Å². The maximum atomic E-state index is 12.2. The lowest BCUT2D eigenvalue weighted by Crippen LogP contribution is -2.27. The van der Waals surface area contributed by atoms with Crippen LogP contribution in [0.5, 0.6) is 0 Å². The van der Waals surface area contributed by atoms with Gasteiger partial charge in [-0.25, -0.2) is 4.79 Å². The average Bonchev–Trinajstić information content (AvgIpc) is 3.04. The molecule has 5 nitrogen and oxygen atoms in total. The fourth-order valence-corrected chi connectivity index (χ4v) is 3.35. The minimum absolute atomic E-state index is 0.0239. The Bertz CT molecular complexity index is 644. The van der Waals surface area contributed by atoms with Crippen molar-refractivity contribution in [3.63, 3.8) is 0 Å². The quantitative estimate of drug-likeness (QED) is 0.558.